The monoisotopic (exact) mass is 251 g/mol. The molecule has 18 heavy (non-hydrogen) atoms. The number of hydroxylamine groups is 2. The lowest BCUT2D eigenvalue weighted by Gasteiger charge is -2.21. The number of likely N-dealkylation sites (N-methyl/N-ethyl adjacent to an activating group) is 1. The minimum atomic E-state index is -0.401. The Morgan fingerprint density at radius 3 is 2.22 bits per heavy atom. The Morgan fingerprint density at radius 2 is 1.72 bits per heavy atom. The fourth-order valence-corrected chi connectivity index (χ4v) is 1.65. The molecule has 1 aromatic rings. The molecule has 0 aliphatic carbocycles. The Kier molecular flexibility index (Phi) is 5.61. The quantitative estimate of drug-likeness (QED) is 0.456. The summed E-state index contributed by atoms with van der Waals surface area (Å²) in [5.41, 5.74) is 6.58. The van der Waals surface area contributed by atoms with Crippen LogP contribution >= 0.6 is 0 Å². The summed E-state index contributed by atoms with van der Waals surface area (Å²) in [5.74, 6) is -0.401. The number of anilines is 1. The van der Waals surface area contributed by atoms with E-state index in [0.717, 1.165) is 18.2 Å². The molecule has 0 fully saturated rings. The van der Waals surface area contributed by atoms with Gasteiger partial charge in [-0.1, -0.05) is 13.8 Å². The molecule has 0 unspecified atom stereocenters. The zero-order valence-electron chi connectivity index (χ0n) is 11.0. The summed E-state index contributed by atoms with van der Waals surface area (Å²) < 4.78 is 0. The van der Waals surface area contributed by atoms with Crippen molar-refractivity contribution < 1.29 is 10.0 Å². The van der Waals surface area contributed by atoms with Gasteiger partial charge in [0.05, 0.1) is 6.54 Å². The highest BCUT2D eigenvalue weighted by Crippen LogP contribution is 2.07. The Labute approximate surface area is 108 Å². The predicted octanol–water partition coefficient (Wildman–Crippen LogP) is 1.44. The Morgan fingerprint density at radius 1 is 1.17 bits per heavy atom. The number of hydrogen-bond acceptors (Lipinski definition) is 4. The lowest BCUT2D eigenvalue weighted by molar-refractivity contribution is -0.0617. The third-order valence-electron chi connectivity index (χ3n) is 2.91. The van der Waals surface area contributed by atoms with Crippen molar-refractivity contribution in [3.8, 4) is 0 Å². The molecule has 1 amide bonds. The molecule has 3 N–H and O–H groups in total. The van der Waals surface area contributed by atoms with Crippen LogP contribution in [0.25, 0.3) is 0 Å². The van der Waals surface area contributed by atoms with Crippen LogP contribution in [0.1, 0.15) is 24.2 Å². The van der Waals surface area contributed by atoms with Crippen LogP contribution in [0.3, 0.4) is 0 Å². The number of nitrogens with two attached hydrogens (primary N) is 1. The highest BCUT2D eigenvalue weighted by atomic mass is 16.5. The molecule has 0 spiro atoms. The van der Waals surface area contributed by atoms with Crippen LogP contribution < -0.4 is 5.73 Å². The first-order chi connectivity index (χ1) is 8.58. The number of hydrogen-bond donors (Lipinski definition) is 2. The van der Waals surface area contributed by atoms with E-state index < -0.39 is 5.91 Å². The SMILES string of the molecule is CCN(CC)CCN(O)C(=O)c1ccc(N)cc1. The Balaban J connectivity index is 2.53. The molecule has 100 valence electrons. The smallest absolute Gasteiger partial charge is 0.277 e. The van der Waals surface area contributed by atoms with Gasteiger partial charge in [-0.15, -0.1) is 0 Å². The lowest BCUT2D eigenvalue weighted by atomic mass is 10.2. The number of carbonyl (C=O) groups is 1. The third kappa shape index (κ3) is 4.01. The summed E-state index contributed by atoms with van der Waals surface area (Å²) in [6.07, 6.45) is 0. The van der Waals surface area contributed by atoms with Crippen LogP contribution in [0.5, 0.6) is 0 Å². The summed E-state index contributed by atoms with van der Waals surface area (Å²) >= 11 is 0. The van der Waals surface area contributed by atoms with Gasteiger partial charge in [-0.2, -0.15) is 0 Å². The van der Waals surface area contributed by atoms with Crippen molar-refractivity contribution in [2.45, 2.75) is 13.8 Å². The molecule has 0 aromatic heterocycles. The predicted molar refractivity (Wildman–Crippen MR) is 71.5 cm³/mol. The summed E-state index contributed by atoms with van der Waals surface area (Å²) in [4.78, 5) is 14.0. The third-order valence-corrected chi connectivity index (χ3v) is 2.91. The van der Waals surface area contributed by atoms with Crippen molar-refractivity contribution in [1.82, 2.24) is 9.96 Å². The average Bonchev–Trinajstić information content (AvgIpc) is 2.39. The van der Waals surface area contributed by atoms with Gasteiger partial charge >= 0.3 is 0 Å². The van der Waals surface area contributed by atoms with Gasteiger partial charge in [0.1, 0.15) is 0 Å². The van der Waals surface area contributed by atoms with Gasteiger partial charge in [0.25, 0.3) is 5.91 Å². The highest BCUT2D eigenvalue weighted by molar-refractivity contribution is 5.93. The second-order valence-corrected chi connectivity index (χ2v) is 4.08. The minimum absolute atomic E-state index is 0.297. The topological polar surface area (TPSA) is 69.8 Å². The molecule has 1 aromatic carbocycles. The molecule has 0 heterocycles. The number of amides is 1. The van der Waals surface area contributed by atoms with Crippen molar-refractivity contribution in [3.63, 3.8) is 0 Å². The van der Waals surface area contributed by atoms with Gasteiger partial charge in [-0.25, -0.2) is 5.06 Å². The van der Waals surface area contributed by atoms with Crippen molar-refractivity contribution >= 4 is 11.6 Å². The van der Waals surface area contributed by atoms with Crippen molar-refractivity contribution in [3.05, 3.63) is 29.8 Å². The van der Waals surface area contributed by atoms with Crippen molar-refractivity contribution in [1.29, 1.82) is 0 Å². The van der Waals surface area contributed by atoms with E-state index in [2.05, 4.69) is 4.90 Å². The molecule has 0 atom stereocenters. The molecule has 0 saturated carbocycles. The standard InChI is InChI=1S/C13H21N3O2/c1-3-15(4-2)9-10-16(18)13(17)11-5-7-12(14)8-6-11/h5-8,18H,3-4,9-10,14H2,1-2H3. The van der Waals surface area contributed by atoms with Gasteiger partial charge < -0.3 is 10.6 Å². The van der Waals surface area contributed by atoms with Crippen LogP contribution in [0.4, 0.5) is 5.69 Å². The van der Waals surface area contributed by atoms with Gasteiger partial charge in [-0.05, 0) is 37.4 Å². The van der Waals surface area contributed by atoms with Gasteiger partial charge in [-0.3, -0.25) is 10.0 Å². The maximum atomic E-state index is 11.9. The van der Waals surface area contributed by atoms with E-state index in [1.807, 2.05) is 13.8 Å². The van der Waals surface area contributed by atoms with E-state index in [1.54, 1.807) is 24.3 Å². The molecule has 1 rings (SSSR count). The van der Waals surface area contributed by atoms with Crippen LogP contribution in [0.15, 0.2) is 24.3 Å². The fraction of sp³-hybridized carbons (Fsp3) is 0.462. The normalized spacial score (nSPS) is 10.7. The molecule has 5 nitrogen and oxygen atoms in total. The molecular weight excluding hydrogens is 230 g/mol. The zero-order valence-corrected chi connectivity index (χ0v) is 11.0. The molecular formula is C13H21N3O2. The molecule has 0 aliphatic heterocycles. The number of rotatable bonds is 6. The van der Waals surface area contributed by atoms with E-state index >= 15 is 0 Å². The van der Waals surface area contributed by atoms with Crippen molar-refractivity contribution in [2.75, 3.05) is 31.9 Å². The molecule has 0 radical (unpaired) electrons. The number of nitrogens with zero attached hydrogens (tertiary/aromatic N) is 2. The van der Waals surface area contributed by atoms with Crippen LogP contribution in [-0.2, 0) is 0 Å². The lowest BCUT2D eigenvalue weighted by Crippen LogP contribution is -2.36. The number of nitrogen functional groups attached to an aromatic ring is 1. The first-order valence-corrected chi connectivity index (χ1v) is 6.17. The van der Waals surface area contributed by atoms with E-state index in [4.69, 9.17) is 5.73 Å². The van der Waals surface area contributed by atoms with Gasteiger partial charge in [0, 0.05) is 17.8 Å². The maximum absolute atomic E-state index is 11.9. The largest absolute Gasteiger partial charge is 0.399 e. The molecule has 5 heteroatoms. The first kappa shape index (κ1) is 14.5. The van der Waals surface area contributed by atoms with Gasteiger partial charge in [0.15, 0.2) is 0 Å². The average molecular weight is 251 g/mol. The number of benzene rings is 1. The summed E-state index contributed by atoms with van der Waals surface area (Å²) in [7, 11) is 0. The summed E-state index contributed by atoms with van der Waals surface area (Å²) in [5, 5.41) is 10.5. The summed E-state index contributed by atoms with van der Waals surface area (Å²) in [6, 6.07) is 6.51. The van der Waals surface area contributed by atoms with E-state index in [-0.39, 0.29) is 0 Å². The molecule has 0 aliphatic rings. The zero-order chi connectivity index (χ0) is 13.5. The van der Waals surface area contributed by atoms with E-state index in [0.29, 0.717) is 24.3 Å². The van der Waals surface area contributed by atoms with Gasteiger partial charge in [0.2, 0.25) is 0 Å². The Hall–Kier alpha value is -1.59. The fourth-order valence-electron chi connectivity index (χ4n) is 1.65. The Bertz CT molecular complexity index is 374. The van der Waals surface area contributed by atoms with Crippen LogP contribution in [0, 0.1) is 0 Å². The summed E-state index contributed by atoms with van der Waals surface area (Å²) in [6.45, 7) is 6.86. The molecule has 0 saturated heterocycles. The van der Waals surface area contributed by atoms with E-state index in [9.17, 15) is 10.0 Å². The second kappa shape index (κ2) is 6.98. The molecule has 0 bridgehead atoms. The highest BCUT2D eigenvalue weighted by Gasteiger charge is 2.13. The second-order valence-electron chi connectivity index (χ2n) is 4.08. The van der Waals surface area contributed by atoms with E-state index in [1.165, 1.54) is 0 Å². The van der Waals surface area contributed by atoms with Crippen molar-refractivity contribution in [2.24, 2.45) is 0 Å². The number of carbonyl (C=O) groups excluding carboxylic acids is 1. The maximum Gasteiger partial charge on any atom is 0.277 e. The minimum Gasteiger partial charge on any atom is -0.399 e. The first-order valence-electron chi connectivity index (χ1n) is 6.17. The van der Waals surface area contributed by atoms with Crippen LogP contribution in [-0.4, -0.2) is 47.3 Å². The van der Waals surface area contributed by atoms with Crippen LogP contribution in [0.2, 0.25) is 0 Å².